The Morgan fingerprint density at radius 1 is 1.60 bits per heavy atom. The van der Waals surface area contributed by atoms with Crippen molar-refractivity contribution in [1.29, 1.82) is 0 Å². The van der Waals surface area contributed by atoms with Gasteiger partial charge in [0.15, 0.2) is 0 Å². The molecule has 2 N–H and O–H groups in total. The van der Waals surface area contributed by atoms with Gasteiger partial charge in [0, 0.05) is 26.2 Å². The standard InChI is InChI=1S/C12H19N5O3/c1-13-12-14-8-10(17(19)20)11(15-12)16(6-3-7-18)9-4-2-5-9/h8-9,18H,2-7H2,1H3,(H,13,14,15). The number of aliphatic hydroxyl groups excluding tert-OH is 1. The van der Waals surface area contributed by atoms with Crippen molar-refractivity contribution in [2.45, 2.75) is 31.7 Å². The van der Waals surface area contributed by atoms with Crippen LogP contribution in [0.1, 0.15) is 25.7 Å². The first-order chi connectivity index (χ1) is 9.67. The third-order valence-electron chi connectivity index (χ3n) is 3.51. The van der Waals surface area contributed by atoms with Crippen LogP contribution in [-0.4, -0.2) is 46.2 Å². The van der Waals surface area contributed by atoms with Crippen molar-refractivity contribution in [3.63, 3.8) is 0 Å². The fourth-order valence-electron chi connectivity index (χ4n) is 2.23. The lowest BCUT2D eigenvalue weighted by Crippen LogP contribution is -2.42. The van der Waals surface area contributed by atoms with Crippen molar-refractivity contribution < 1.29 is 10.0 Å². The molecular formula is C12H19N5O3. The maximum absolute atomic E-state index is 11.2. The highest BCUT2D eigenvalue weighted by molar-refractivity contribution is 5.59. The summed E-state index contributed by atoms with van der Waals surface area (Å²) >= 11 is 0. The largest absolute Gasteiger partial charge is 0.396 e. The maximum Gasteiger partial charge on any atom is 0.329 e. The number of anilines is 2. The first-order valence-electron chi connectivity index (χ1n) is 6.74. The van der Waals surface area contributed by atoms with Crippen LogP contribution in [0.15, 0.2) is 6.20 Å². The zero-order valence-corrected chi connectivity index (χ0v) is 11.4. The highest BCUT2D eigenvalue weighted by Gasteiger charge is 2.31. The Kier molecular flexibility index (Phi) is 4.67. The third-order valence-corrected chi connectivity index (χ3v) is 3.51. The van der Waals surface area contributed by atoms with Crippen LogP contribution < -0.4 is 10.2 Å². The number of aromatic nitrogens is 2. The molecule has 1 aromatic rings. The summed E-state index contributed by atoms with van der Waals surface area (Å²) in [4.78, 5) is 20.8. The molecule has 1 aliphatic carbocycles. The van der Waals surface area contributed by atoms with Crippen molar-refractivity contribution in [3.8, 4) is 0 Å². The molecule has 8 nitrogen and oxygen atoms in total. The third kappa shape index (κ3) is 2.96. The van der Waals surface area contributed by atoms with Gasteiger partial charge in [0.05, 0.1) is 4.92 Å². The smallest absolute Gasteiger partial charge is 0.329 e. The molecule has 0 unspecified atom stereocenters. The topological polar surface area (TPSA) is 104 Å². The van der Waals surface area contributed by atoms with Gasteiger partial charge >= 0.3 is 5.69 Å². The molecule has 0 saturated heterocycles. The average molecular weight is 281 g/mol. The molecule has 8 heteroatoms. The van der Waals surface area contributed by atoms with Crippen molar-refractivity contribution in [1.82, 2.24) is 9.97 Å². The van der Waals surface area contributed by atoms with E-state index in [2.05, 4.69) is 15.3 Å². The van der Waals surface area contributed by atoms with Gasteiger partial charge in [0.1, 0.15) is 6.20 Å². The monoisotopic (exact) mass is 281 g/mol. The summed E-state index contributed by atoms with van der Waals surface area (Å²) in [6.45, 7) is 0.614. The summed E-state index contributed by atoms with van der Waals surface area (Å²) in [7, 11) is 1.67. The normalized spacial score (nSPS) is 14.7. The zero-order chi connectivity index (χ0) is 14.5. The van der Waals surface area contributed by atoms with Gasteiger partial charge in [-0.15, -0.1) is 0 Å². The van der Waals surface area contributed by atoms with Crippen molar-refractivity contribution >= 4 is 17.5 Å². The van der Waals surface area contributed by atoms with E-state index in [0.717, 1.165) is 19.3 Å². The Hall–Kier alpha value is -1.96. The lowest BCUT2D eigenvalue weighted by molar-refractivity contribution is -0.384. The summed E-state index contributed by atoms with van der Waals surface area (Å²) in [5.41, 5.74) is -0.0890. The number of rotatable bonds is 7. The Morgan fingerprint density at radius 2 is 2.35 bits per heavy atom. The van der Waals surface area contributed by atoms with Crippen molar-refractivity contribution in [2.24, 2.45) is 0 Å². The van der Waals surface area contributed by atoms with Gasteiger partial charge in [-0.2, -0.15) is 4.98 Å². The van der Waals surface area contributed by atoms with Crippen LogP contribution in [0.3, 0.4) is 0 Å². The second-order valence-corrected chi connectivity index (χ2v) is 4.76. The van der Waals surface area contributed by atoms with Crippen LogP contribution in [0.2, 0.25) is 0 Å². The highest BCUT2D eigenvalue weighted by Crippen LogP contribution is 2.34. The molecule has 20 heavy (non-hydrogen) atoms. The van der Waals surface area contributed by atoms with E-state index in [-0.39, 0.29) is 18.3 Å². The first-order valence-corrected chi connectivity index (χ1v) is 6.74. The molecule has 0 bridgehead atoms. The van der Waals surface area contributed by atoms with Gasteiger partial charge in [-0.25, -0.2) is 4.98 Å². The molecule has 0 aromatic carbocycles. The predicted molar refractivity (Wildman–Crippen MR) is 74.9 cm³/mol. The van der Waals surface area contributed by atoms with Gasteiger partial charge in [0.2, 0.25) is 11.8 Å². The zero-order valence-electron chi connectivity index (χ0n) is 11.4. The molecule has 1 saturated carbocycles. The number of hydrogen-bond acceptors (Lipinski definition) is 7. The second kappa shape index (κ2) is 6.47. The minimum atomic E-state index is -0.459. The quantitative estimate of drug-likeness (QED) is 0.571. The van der Waals surface area contributed by atoms with E-state index in [1.54, 1.807) is 7.05 Å². The van der Waals surface area contributed by atoms with Gasteiger partial charge in [-0.05, 0) is 25.7 Å². The number of nitrogens with zero attached hydrogens (tertiary/aromatic N) is 4. The van der Waals surface area contributed by atoms with Crippen LogP contribution in [0.25, 0.3) is 0 Å². The van der Waals surface area contributed by atoms with E-state index < -0.39 is 4.92 Å². The minimum absolute atomic E-state index is 0.0565. The molecule has 0 radical (unpaired) electrons. The van der Waals surface area contributed by atoms with E-state index in [9.17, 15) is 10.1 Å². The van der Waals surface area contributed by atoms with E-state index in [1.807, 2.05) is 4.90 Å². The predicted octanol–water partition coefficient (Wildman–Crippen LogP) is 1.17. The summed E-state index contributed by atoms with van der Waals surface area (Å²) < 4.78 is 0. The lowest BCUT2D eigenvalue weighted by atomic mass is 9.91. The Balaban J connectivity index is 2.35. The summed E-state index contributed by atoms with van der Waals surface area (Å²) in [6.07, 6.45) is 4.92. The molecule has 1 fully saturated rings. The Labute approximate surface area is 117 Å². The van der Waals surface area contributed by atoms with Crippen LogP contribution in [0.5, 0.6) is 0 Å². The average Bonchev–Trinajstić information content (AvgIpc) is 2.40. The summed E-state index contributed by atoms with van der Waals surface area (Å²) in [5.74, 6) is 0.700. The van der Waals surface area contributed by atoms with Crippen LogP contribution in [0, 0.1) is 10.1 Å². The fraction of sp³-hybridized carbons (Fsp3) is 0.667. The molecule has 1 heterocycles. The molecule has 0 atom stereocenters. The number of nitrogens with one attached hydrogen (secondary N) is 1. The number of nitro groups is 1. The first kappa shape index (κ1) is 14.4. The van der Waals surface area contributed by atoms with E-state index in [1.165, 1.54) is 6.20 Å². The second-order valence-electron chi connectivity index (χ2n) is 4.76. The molecule has 0 amide bonds. The van der Waals surface area contributed by atoms with Crippen molar-refractivity contribution in [3.05, 3.63) is 16.3 Å². The molecular weight excluding hydrogens is 262 g/mol. The summed E-state index contributed by atoms with van der Waals surface area (Å²) in [5, 5.41) is 23.0. The summed E-state index contributed by atoms with van der Waals surface area (Å²) in [6, 6.07) is 0.264. The Morgan fingerprint density at radius 3 is 2.85 bits per heavy atom. The minimum Gasteiger partial charge on any atom is -0.396 e. The van der Waals surface area contributed by atoms with Gasteiger partial charge in [-0.1, -0.05) is 0 Å². The van der Waals surface area contributed by atoms with E-state index in [0.29, 0.717) is 24.7 Å². The van der Waals surface area contributed by atoms with Gasteiger partial charge in [-0.3, -0.25) is 10.1 Å². The van der Waals surface area contributed by atoms with Crippen LogP contribution in [-0.2, 0) is 0 Å². The molecule has 1 aromatic heterocycles. The van der Waals surface area contributed by atoms with Crippen LogP contribution in [0.4, 0.5) is 17.5 Å². The SMILES string of the molecule is CNc1ncc([N+](=O)[O-])c(N(CCCO)C2CCC2)n1. The molecule has 1 aliphatic rings. The van der Waals surface area contributed by atoms with Crippen LogP contribution >= 0.6 is 0 Å². The number of hydrogen-bond donors (Lipinski definition) is 2. The maximum atomic E-state index is 11.2. The number of aliphatic hydroxyl groups is 1. The lowest BCUT2D eigenvalue weighted by Gasteiger charge is -2.38. The molecule has 110 valence electrons. The highest BCUT2D eigenvalue weighted by atomic mass is 16.6. The van der Waals surface area contributed by atoms with Gasteiger partial charge < -0.3 is 15.3 Å². The molecule has 0 aliphatic heterocycles. The van der Waals surface area contributed by atoms with Crippen molar-refractivity contribution in [2.75, 3.05) is 30.4 Å². The fourth-order valence-corrected chi connectivity index (χ4v) is 2.23. The van der Waals surface area contributed by atoms with E-state index in [4.69, 9.17) is 5.11 Å². The van der Waals surface area contributed by atoms with E-state index >= 15 is 0 Å². The molecule has 2 rings (SSSR count). The molecule has 0 spiro atoms. The Bertz CT molecular complexity index is 478. The van der Waals surface area contributed by atoms with Gasteiger partial charge in [0.25, 0.3) is 0 Å².